The van der Waals surface area contributed by atoms with Crippen molar-refractivity contribution in [2.24, 2.45) is 5.41 Å². The molecule has 0 aromatic rings. The van der Waals surface area contributed by atoms with Crippen molar-refractivity contribution in [3.8, 4) is 0 Å². The van der Waals surface area contributed by atoms with Crippen LogP contribution < -0.4 is 0 Å². The minimum absolute atomic E-state index is 0.320. The van der Waals surface area contributed by atoms with Crippen LogP contribution in [-0.2, 0) is 0 Å². The molecule has 15 heavy (non-hydrogen) atoms. The summed E-state index contributed by atoms with van der Waals surface area (Å²) in [6, 6.07) is 0. The van der Waals surface area contributed by atoms with E-state index in [-0.39, 0.29) is 0 Å². The summed E-state index contributed by atoms with van der Waals surface area (Å²) in [5.41, 5.74) is 3.86. The lowest BCUT2D eigenvalue weighted by Gasteiger charge is -2.38. The van der Waals surface area contributed by atoms with Crippen molar-refractivity contribution in [1.82, 2.24) is 4.90 Å². The second-order valence-corrected chi connectivity index (χ2v) is 6.52. The van der Waals surface area contributed by atoms with E-state index < -0.39 is 0 Å². The smallest absolute Gasteiger partial charge is 0.0158 e. The number of hydrogen-bond acceptors (Lipinski definition) is 1. The molecule has 1 saturated heterocycles. The van der Waals surface area contributed by atoms with Gasteiger partial charge in [0.2, 0.25) is 0 Å². The molecule has 1 aliphatic heterocycles. The molecule has 0 amide bonds. The predicted octanol–water partition coefficient (Wildman–Crippen LogP) is 3.85. The Labute approximate surface area is 95.5 Å². The molecule has 88 valence electrons. The van der Waals surface area contributed by atoms with E-state index in [4.69, 9.17) is 0 Å². The van der Waals surface area contributed by atoms with E-state index in [0.29, 0.717) is 11.0 Å². The van der Waals surface area contributed by atoms with Gasteiger partial charge in [-0.2, -0.15) is 0 Å². The first-order chi connectivity index (χ1) is 6.67. The fourth-order valence-electron chi connectivity index (χ4n) is 3.17. The van der Waals surface area contributed by atoms with E-state index in [0.717, 1.165) is 0 Å². The molecule has 0 atom stereocenters. The second-order valence-electron chi connectivity index (χ2n) is 6.52. The van der Waals surface area contributed by atoms with Gasteiger partial charge >= 0.3 is 0 Å². The van der Waals surface area contributed by atoms with Crippen LogP contribution in [-0.4, -0.2) is 24.0 Å². The molecule has 0 radical (unpaired) electrons. The summed E-state index contributed by atoms with van der Waals surface area (Å²) in [4.78, 5) is 2.50. The van der Waals surface area contributed by atoms with Gasteiger partial charge in [0.1, 0.15) is 0 Å². The standard InChI is InChI=1S/C14H27N/c1-11(2)12-8-9-15(7)14(5,6)10-13(12,3)4/h8-10H2,1-7H3. The lowest BCUT2D eigenvalue weighted by Crippen LogP contribution is -2.42. The van der Waals surface area contributed by atoms with Crippen LogP contribution >= 0.6 is 0 Å². The average Bonchev–Trinajstić information content (AvgIpc) is 2.06. The first-order valence-corrected chi connectivity index (χ1v) is 6.05. The van der Waals surface area contributed by atoms with Gasteiger partial charge < -0.3 is 4.90 Å². The van der Waals surface area contributed by atoms with Crippen molar-refractivity contribution in [1.29, 1.82) is 0 Å². The summed E-state index contributed by atoms with van der Waals surface area (Å²) >= 11 is 0. The lowest BCUT2D eigenvalue weighted by molar-refractivity contribution is 0.132. The maximum Gasteiger partial charge on any atom is 0.0158 e. The number of likely N-dealkylation sites (tertiary alicyclic amines) is 1. The summed E-state index contributed by atoms with van der Waals surface area (Å²) < 4.78 is 0. The van der Waals surface area contributed by atoms with E-state index in [9.17, 15) is 0 Å². The van der Waals surface area contributed by atoms with Crippen LogP contribution in [0.3, 0.4) is 0 Å². The van der Waals surface area contributed by atoms with Gasteiger partial charge in [0.05, 0.1) is 0 Å². The van der Waals surface area contributed by atoms with Crippen molar-refractivity contribution >= 4 is 0 Å². The van der Waals surface area contributed by atoms with E-state index in [1.165, 1.54) is 25.0 Å². The van der Waals surface area contributed by atoms with Crippen molar-refractivity contribution < 1.29 is 0 Å². The highest BCUT2D eigenvalue weighted by molar-refractivity contribution is 5.21. The van der Waals surface area contributed by atoms with Crippen LogP contribution in [0.25, 0.3) is 0 Å². The number of allylic oxidation sites excluding steroid dienone is 1. The first-order valence-electron chi connectivity index (χ1n) is 6.05. The van der Waals surface area contributed by atoms with Crippen LogP contribution in [0.4, 0.5) is 0 Å². The summed E-state index contributed by atoms with van der Waals surface area (Å²) in [5.74, 6) is 0. The van der Waals surface area contributed by atoms with Gasteiger partial charge in [-0.1, -0.05) is 25.0 Å². The number of hydrogen-bond donors (Lipinski definition) is 0. The summed E-state index contributed by atoms with van der Waals surface area (Å²) in [7, 11) is 2.25. The van der Waals surface area contributed by atoms with Gasteiger partial charge in [-0.25, -0.2) is 0 Å². The molecule has 1 aliphatic rings. The molecular weight excluding hydrogens is 182 g/mol. The van der Waals surface area contributed by atoms with Gasteiger partial charge in [0.15, 0.2) is 0 Å². The normalized spacial score (nSPS) is 26.2. The maximum absolute atomic E-state index is 2.50. The van der Waals surface area contributed by atoms with Gasteiger partial charge in [0, 0.05) is 12.1 Å². The highest BCUT2D eigenvalue weighted by atomic mass is 15.2. The first kappa shape index (κ1) is 12.8. The molecular formula is C14H27N. The maximum atomic E-state index is 2.50. The van der Waals surface area contributed by atoms with Crippen LogP contribution in [0.15, 0.2) is 11.1 Å². The topological polar surface area (TPSA) is 3.24 Å². The molecule has 0 aromatic carbocycles. The van der Waals surface area contributed by atoms with Crippen molar-refractivity contribution in [3.05, 3.63) is 11.1 Å². The lowest BCUT2D eigenvalue weighted by atomic mass is 9.73. The fourth-order valence-corrected chi connectivity index (χ4v) is 3.17. The highest BCUT2D eigenvalue weighted by Gasteiger charge is 2.37. The molecule has 1 heteroatoms. The number of rotatable bonds is 0. The second kappa shape index (κ2) is 3.93. The molecule has 0 N–H and O–H groups in total. The molecule has 1 rings (SSSR count). The van der Waals surface area contributed by atoms with Crippen LogP contribution in [0.1, 0.15) is 54.4 Å². The quantitative estimate of drug-likeness (QED) is 0.548. The van der Waals surface area contributed by atoms with Gasteiger partial charge in [-0.15, -0.1) is 0 Å². The van der Waals surface area contributed by atoms with Gasteiger partial charge in [-0.05, 0) is 53.0 Å². The summed E-state index contributed by atoms with van der Waals surface area (Å²) in [5, 5.41) is 0. The SMILES string of the molecule is CC(C)=C1CCN(C)C(C)(C)CC1(C)C. The Balaban J connectivity index is 3.08. The minimum Gasteiger partial charge on any atom is -0.301 e. The Hall–Kier alpha value is -0.300. The zero-order valence-corrected chi connectivity index (χ0v) is 11.6. The Kier molecular flexibility index (Phi) is 3.35. The highest BCUT2D eigenvalue weighted by Crippen LogP contribution is 2.42. The monoisotopic (exact) mass is 209 g/mol. The third-order valence-corrected chi connectivity index (χ3v) is 4.03. The molecule has 1 fully saturated rings. The molecule has 0 bridgehead atoms. The third-order valence-electron chi connectivity index (χ3n) is 4.03. The molecule has 0 unspecified atom stereocenters. The van der Waals surface area contributed by atoms with E-state index in [2.05, 4.69) is 53.5 Å². The van der Waals surface area contributed by atoms with Crippen LogP contribution in [0, 0.1) is 5.41 Å². The molecule has 0 spiro atoms. The third kappa shape index (κ3) is 2.63. The zero-order chi connectivity index (χ0) is 11.9. The van der Waals surface area contributed by atoms with Gasteiger partial charge in [0.25, 0.3) is 0 Å². The van der Waals surface area contributed by atoms with Gasteiger partial charge in [-0.3, -0.25) is 0 Å². The molecule has 0 aliphatic carbocycles. The predicted molar refractivity (Wildman–Crippen MR) is 68.1 cm³/mol. The fraction of sp³-hybridized carbons (Fsp3) is 0.857. The Morgan fingerprint density at radius 2 is 1.67 bits per heavy atom. The minimum atomic E-state index is 0.320. The largest absolute Gasteiger partial charge is 0.301 e. The Bertz CT molecular complexity index is 267. The Morgan fingerprint density at radius 1 is 1.13 bits per heavy atom. The van der Waals surface area contributed by atoms with Crippen LogP contribution in [0.5, 0.6) is 0 Å². The van der Waals surface area contributed by atoms with E-state index in [1.54, 1.807) is 5.57 Å². The summed E-state index contributed by atoms with van der Waals surface area (Å²) in [6.07, 6.45) is 2.48. The molecule has 0 saturated carbocycles. The molecule has 1 nitrogen and oxygen atoms in total. The average molecular weight is 209 g/mol. The van der Waals surface area contributed by atoms with E-state index >= 15 is 0 Å². The zero-order valence-electron chi connectivity index (χ0n) is 11.6. The number of nitrogens with zero attached hydrogens (tertiary/aromatic N) is 1. The van der Waals surface area contributed by atoms with Crippen molar-refractivity contribution in [2.75, 3.05) is 13.6 Å². The molecule has 0 aromatic heterocycles. The summed E-state index contributed by atoms with van der Waals surface area (Å²) in [6.45, 7) is 15.2. The van der Waals surface area contributed by atoms with Crippen molar-refractivity contribution in [3.63, 3.8) is 0 Å². The molecule has 1 heterocycles. The van der Waals surface area contributed by atoms with E-state index in [1.807, 2.05) is 0 Å². The van der Waals surface area contributed by atoms with Crippen LogP contribution in [0.2, 0.25) is 0 Å². The Morgan fingerprint density at radius 3 is 2.13 bits per heavy atom. The van der Waals surface area contributed by atoms with Crippen molar-refractivity contribution in [2.45, 2.75) is 59.9 Å².